The number of nitrogens with zero attached hydrogens (tertiary/aromatic N) is 2. The number of sulfonamides is 1. The summed E-state index contributed by atoms with van der Waals surface area (Å²) < 4.78 is 32.3. The van der Waals surface area contributed by atoms with Crippen molar-refractivity contribution < 1.29 is 27.9 Å². The number of phenolic OH excluding ortho intramolecular Hbond substituents is 1. The number of thioether (sulfide) groups is 1. The van der Waals surface area contributed by atoms with E-state index in [1.165, 1.54) is 48.4 Å². The number of hydrogen-bond donors (Lipinski definition) is 2. The number of carbonyl (C=O) groups excluding carboxylic acids is 2. The maximum atomic E-state index is 13.5. The first-order chi connectivity index (χ1) is 15.9. The van der Waals surface area contributed by atoms with Crippen LogP contribution in [-0.2, 0) is 30.8 Å². The van der Waals surface area contributed by atoms with Crippen LogP contribution in [0.15, 0.2) is 53.7 Å². The fraction of sp³-hybridized carbons (Fsp3) is 0.435. The predicted octanol–water partition coefficient (Wildman–Crippen LogP) is 2.31. The molecule has 0 radical (unpaired) electrons. The van der Waals surface area contributed by atoms with Gasteiger partial charge in [-0.3, -0.25) is 9.78 Å². The summed E-state index contributed by atoms with van der Waals surface area (Å²) in [7, 11) is -4.00. The number of amides is 1. The number of hydrogen-bond acceptors (Lipinski definition) is 8. The second kappa shape index (κ2) is 10.3. The molecule has 11 heteroatoms. The summed E-state index contributed by atoms with van der Waals surface area (Å²) >= 11 is 1.34. The minimum atomic E-state index is -4.00. The summed E-state index contributed by atoms with van der Waals surface area (Å²) in [6.07, 6.45) is 2.44. The highest BCUT2D eigenvalue weighted by molar-refractivity contribution is 8.02. The van der Waals surface area contributed by atoms with E-state index in [1.807, 2.05) is 0 Å². The van der Waals surface area contributed by atoms with Gasteiger partial charge in [-0.05, 0) is 57.5 Å². The maximum Gasteiger partial charge on any atom is 0.329 e. The SMILES string of the molecule is CC(C)OC(=O)[C@H](Cc1ccc(O)cc1)NC(=O)[C@H]1N(S(=O)(=O)c2cccnc2)CSC1(C)C. The maximum absolute atomic E-state index is 13.5. The largest absolute Gasteiger partial charge is 0.508 e. The highest BCUT2D eigenvalue weighted by Gasteiger charge is 2.51. The number of nitrogens with one attached hydrogen (secondary N) is 1. The first-order valence-electron chi connectivity index (χ1n) is 10.8. The first kappa shape index (κ1) is 26.0. The third-order valence-corrected chi connectivity index (χ3v) is 8.66. The quantitative estimate of drug-likeness (QED) is 0.522. The van der Waals surface area contributed by atoms with Crippen LogP contribution in [-0.4, -0.2) is 63.5 Å². The van der Waals surface area contributed by atoms with Crippen molar-refractivity contribution in [3.05, 3.63) is 54.4 Å². The molecule has 0 aliphatic carbocycles. The van der Waals surface area contributed by atoms with Gasteiger partial charge in [0.2, 0.25) is 15.9 Å². The molecule has 2 aromatic rings. The van der Waals surface area contributed by atoms with E-state index in [9.17, 15) is 23.1 Å². The molecule has 1 aliphatic rings. The third-order valence-electron chi connectivity index (χ3n) is 5.33. The smallest absolute Gasteiger partial charge is 0.329 e. The molecule has 1 fully saturated rings. The van der Waals surface area contributed by atoms with Crippen LogP contribution in [0.2, 0.25) is 0 Å². The fourth-order valence-corrected chi connectivity index (χ4v) is 6.78. The number of pyridine rings is 1. The van der Waals surface area contributed by atoms with Crippen molar-refractivity contribution >= 4 is 33.7 Å². The van der Waals surface area contributed by atoms with Gasteiger partial charge in [-0.1, -0.05) is 12.1 Å². The van der Waals surface area contributed by atoms with Crippen molar-refractivity contribution in [1.82, 2.24) is 14.6 Å². The normalized spacial score (nSPS) is 19.0. The lowest BCUT2D eigenvalue weighted by Gasteiger charge is -2.31. The minimum absolute atomic E-state index is 0.00837. The Labute approximate surface area is 204 Å². The Morgan fingerprint density at radius 3 is 2.53 bits per heavy atom. The predicted molar refractivity (Wildman–Crippen MR) is 129 cm³/mol. The Hall–Kier alpha value is -2.63. The Balaban J connectivity index is 1.89. The van der Waals surface area contributed by atoms with Gasteiger partial charge in [0.1, 0.15) is 22.7 Å². The van der Waals surface area contributed by atoms with Crippen LogP contribution >= 0.6 is 11.8 Å². The molecular formula is C23H29N3O6S2. The molecule has 2 heterocycles. The molecule has 1 aromatic carbocycles. The van der Waals surface area contributed by atoms with E-state index in [4.69, 9.17) is 4.74 Å². The highest BCUT2D eigenvalue weighted by Crippen LogP contribution is 2.42. The lowest BCUT2D eigenvalue weighted by Crippen LogP contribution is -2.57. The minimum Gasteiger partial charge on any atom is -0.508 e. The van der Waals surface area contributed by atoms with E-state index in [-0.39, 0.29) is 22.9 Å². The second-order valence-corrected chi connectivity index (χ2v) is 12.3. The van der Waals surface area contributed by atoms with Gasteiger partial charge in [0.15, 0.2) is 0 Å². The van der Waals surface area contributed by atoms with E-state index in [0.29, 0.717) is 5.56 Å². The molecule has 3 rings (SSSR count). The summed E-state index contributed by atoms with van der Waals surface area (Å²) in [6, 6.07) is 7.12. The Morgan fingerprint density at radius 1 is 1.26 bits per heavy atom. The summed E-state index contributed by atoms with van der Waals surface area (Å²) in [5.74, 6) is -1.05. The van der Waals surface area contributed by atoms with Crippen LogP contribution in [0.5, 0.6) is 5.75 Å². The number of aromatic nitrogens is 1. The molecule has 1 amide bonds. The highest BCUT2D eigenvalue weighted by atomic mass is 32.2. The van der Waals surface area contributed by atoms with Crippen LogP contribution in [0.3, 0.4) is 0 Å². The monoisotopic (exact) mass is 507 g/mol. The Bertz CT molecular complexity index is 1120. The average Bonchev–Trinajstić information content (AvgIpc) is 3.10. The van der Waals surface area contributed by atoms with Crippen LogP contribution in [0.1, 0.15) is 33.3 Å². The van der Waals surface area contributed by atoms with Crippen molar-refractivity contribution in [3.8, 4) is 5.75 Å². The number of aromatic hydroxyl groups is 1. The Morgan fingerprint density at radius 2 is 1.94 bits per heavy atom. The molecule has 184 valence electrons. The topological polar surface area (TPSA) is 126 Å². The molecule has 2 atom stereocenters. The number of ether oxygens (including phenoxy) is 1. The summed E-state index contributed by atoms with van der Waals surface area (Å²) in [5, 5.41) is 12.3. The molecule has 0 unspecified atom stereocenters. The van der Waals surface area contributed by atoms with E-state index in [2.05, 4.69) is 10.3 Å². The number of rotatable bonds is 8. The molecule has 1 saturated heterocycles. The van der Waals surface area contributed by atoms with Gasteiger partial charge in [0.05, 0.1) is 12.0 Å². The van der Waals surface area contributed by atoms with Crippen LogP contribution < -0.4 is 5.32 Å². The van der Waals surface area contributed by atoms with Gasteiger partial charge in [-0.25, -0.2) is 13.2 Å². The summed E-state index contributed by atoms with van der Waals surface area (Å²) in [6.45, 7) is 7.00. The van der Waals surface area contributed by atoms with Gasteiger partial charge in [-0.2, -0.15) is 4.31 Å². The van der Waals surface area contributed by atoms with E-state index in [0.717, 1.165) is 4.31 Å². The summed E-state index contributed by atoms with van der Waals surface area (Å²) in [4.78, 5) is 30.2. The second-order valence-electron chi connectivity index (χ2n) is 8.78. The molecule has 9 nitrogen and oxygen atoms in total. The van der Waals surface area contributed by atoms with Crippen molar-refractivity contribution in [2.45, 2.75) is 61.9 Å². The van der Waals surface area contributed by atoms with Crippen molar-refractivity contribution in [3.63, 3.8) is 0 Å². The third kappa shape index (κ3) is 5.89. The standard InChI is InChI=1S/C23H29N3O6S2/c1-15(2)32-22(29)19(12-16-7-9-17(27)10-8-16)25-21(28)20-23(3,4)33-14-26(20)34(30,31)18-6-5-11-24-13-18/h5-11,13,15,19-20,27H,12,14H2,1-4H3,(H,25,28)/t19-,20+/m0/s1. The molecular weight excluding hydrogens is 478 g/mol. The van der Waals surface area contributed by atoms with Gasteiger partial charge >= 0.3 is 5.97 Å². The van der Waals surface area contributed by atoms with Gasteiger partial charge in [0.25, 0.3) is 0 Å². The number of carbonyl (C=O) groups is 2. The van der Waals surface area contributed by atoms with E-state index >= 15 is 0 Å². The summed E-state index contributed by atoms with van der Waals surface area (Å²) in [5.41, 5.74) is 0.698. The number of benzene rings is 1. The van der Waals surface area contributed by atoms with Crippen molar-refractivity contribution in [1.29, 1.82) is 0 Å². The van der Waals surface area contributed by atoms with Crippen LogP contribution in [0.4, 0.5) is 0 Å². The van der Waals surface area contributed by atoms with E-state index < -0.39 is 44.8 Å². The zero-order valence-corrected chi connectivity index (χ0v) is 21.1. The van der Waals surface area contributed by atoms with Gasteiger partial charge in [0, 0.05) is 23.6 Å². The Kier molecular flexibility index (Phi) is 7.89. The molecule has 0 spiro atoms. The zero-order chi connectivity index (χ0) is 25.1. The lowest BCUT2D eigenvalue weighted by molar-refractivity contribution is -0.151. The zero-order valence-electron chi connectivity index (χ0n) is 19.5. The molecule has 0 saturated carbocycles. The van der Waals surface area contributed by atoms with Crippen LogP contribution in [0.25, 0.3) is 0 Å². The van der Waals surface area contributed by atoms with E-state index in [1.54, 1.807) is 39.8 Å². The fourth-order valence-electron chi connectivity index (χ4n) is 3.65. The van der Waals surface area contributed by atoms with Gasteiger partial charge in [-0.15, -0.1) is 11.8 Å². The number of esters is 1. The molecule has 34 heavy (non-hydrogen) atoms. The molecule has 1 aliphatic heterocycles. The number of phenols is 1. The first-order valence-corrected chi connectivity index (χ1v) is 13.2. The van der Waals surface area contributed by atoms with Crippen molar-refractivity contribution in [2.75, 3.05) is 5.88 Å². The molecule has 0 bridgehead atoms. The average molecular weight is 508 g/mol. The molecule has 2 N–H and O–H groups in total. The van der Waals surface area contributed by atoms with Gasteiger partial charge < -0.3 is 15.2 Å². The molecule has 1 aromatic heterocycles. The lowest BCUT2D eigenvalue weighted by atomic mass is 10.0. The van der Waals surface area contributed by atoms with Crippen LogP contribution in [0, 0.1) is 0 Å². The van der Waals surface area contributed by atoms with Crippen molar-refractivity contribution in [2.24, 2.45) is 0 Å².